The summed E-state index contributed by atoms with van der Waals surface area (Å²) < 4.78 is 16.9. The fraction of sp³-hybridized carbons (Fsp3) is 0.733. The standard InChI is InChI=1S/C15H23NO3/c1-11-13(3-6-18-11)14(16)12-2-7-19-15(10-12)4-8-17-9-5-15/h3,6,12,14H,2,4-5,7-10,16H2,1H3. The molecule has 2 aliphatic heterocycles. The number of hydrogen-bond donors (Lipinski definition) is 1. The van der Waals surface area contributed by atoms with Crippen LogP contribution in [0.15, 0.2) is 16.7 Å². The summed E-state index contributed by atoms with van der Waals surface area (Å²) in [5.74, 6) is 1.42. The molecule has 0 saturated carbocycles. The fourth-order valence-electron chi connectivity index (χ4n) is 3.46. The molecule has 0 bridgehead atoms. The molecule has 1 aromatic rings. The Morgan fingerprint density at radius 1 is 1.32 bits per heavy atom. The average molecular weight is 265 g/mol. The third-order valence-corrected chi connectivity index (χ3v) is 4.70. The van der Waals surface area contributed by atoms with Crippen LogP contribution in [0.25, 0.3) is 0 Å². The Labute approximate surface area is 114 Å². The van der Waals surface area contributed by atoms with Gasteiger partial charge in [0.2, 0.25) is 0 Å². The van der Waals surface area contributed by atoms with Gasteiger partial charge in [-0.2, -0.15) is 0 Å². The quantitative estimate of drug-likeness (QED) is 0.893. The van der Waals surface area contributed by atoms with Crippen molar-refractivity contribution < 1.29 is 13.9 Å². The molecule has 4 nitrogen and oxygen atoms in total. The normalized spacial score (nSPS) is 28.4. The number of rotatable bonds is 2. The van der Waals surface area contributed by atoms with Gasteiger partial charge >= 0.3 is 0 Å². The van der Waals surface area contributed by atoms with Crippen molar-refractivity contribution in [2.75, 3.05) is 19.8 Å². The second-order valence-corrected chi connectivity index (χ2v) is 5.85. The van der Waals surface area contributed by atoms with E-state index in [1.54, 1.807) is 6.26 Å². The van der Waals surface area contributed by atoms with Crippen molar-refractivity contribution in [2.24, 2.45) is 11.7 Å². The zero-order valence-electron chi connectivity index (χ0n) is 11.6. The Hall–Kier alpha value is -0.840. The van der Waals surface area contributed by atoms with Gasteiger partial charge in [0.1, 0.15) is 5.76 Å². The highest BCUT2D eigenvalue weighted by molar-refractivity contribution is 5.21. The maximum absolute atomic E-state index is 6.46. The lowest BCUT2D eigenvalue weighted by Gasteiger charge is -2.44. The SMILES string of the molecule is Cc1occc1C(N)C1CCOC2(CCOCC2)C1. The van der Waals surface area contributed by atoms with Crippen LogP contribution in [0, 0.1) is 12.8 Å². The summed E-state index contributed by atoms with van der Waals surface area (Å²) in [6, 6.07) is 2.06. The Balaban J connectivity index is 1.72. The molecule has 2 unspecified atom stereocenters. The lowest BCUT2D eigenvalue weighted by Crippen LogP contribution is -2.46. The van der Waals surface area contributed by atoms with Crippen LogP contribution < -0.4 is 5.73 Å². The molecule has 106 valence electrons. The summed E-state index contributed by atoms with van der Waals surface area (Å²) >= 11 is 0. The van der Waals surface area contributed by atoms with E-state index >= 15 is 0 Å². The number of ether oxygens (including phenoxy) is 2. The fourth-order valence-corrected chi connectivity index (χ4v) is 3.46. The van der Waals surface area contributed by atoms with E-state index in [0.717, 1.165) is 56.8 Å². The summed E-state index contributed by atoms with van der Waals surface area (Å²) in [6.07, 6.45) is 5.81. The summed E-state index contributed by atoms with van der Waals surface area (Å²) in [5.41, 5.74) is 7.62. The molecule has 4 heteroatoms. The average Bonchev–Trinajstić information content (AvgIpc) is 2.85. The zero-order valence-corrected chi connectivity index (χ0v) is 11.6. The summed E-state index contributed by atoms with van der Waals surface area (Å²) in [6.45, 7) is 4.42. The zero-order chi connectivity index (χ0) is 13.3. The highest BCUT2D eigenvalue weighted by atomic mass is 16.5. The molecule has 3 rings (SSSR count). The molecule has 0 aromatic carbocycles. The van der Waals surface area contributed by atoms with E-state index in [1.807, 2.05) is 13.0 Å². The van der Waals surface area contributed by atoms with Gasteiger partial charge in [-0.1, -0.05) is 0 Å². The molecular weight excluding hydrogens is 242 g/mol. The molecule has 2 atom stereocenters. The van der Waals surface area contributed by atoms with E-state index in [-0.39, 0.29) is 11.6 Å². The van der Waals surface area contributed by atoms with Crippen molar-refractivity contribution in [2.45, 2.75) is 44.2 Å². The first-order chi connectivity index (χ1) is 9.20. The maximum atomic E-state index is 6.46. The number of hydrogen-bond acceptors (Lipinski definition) is 4. The molecule has 2 fully saturated rings. The van der Waals surface area contributed by atoms with Gasteiger partial charge in [-0.25, -0.2) is 0 Å². The van der Waals surface area contributed by atoms with Crippen molar-refractivity contribution in [1.29, 1.82) is 0 Å². The van der Waals surface area contributed by atoms with Gasteiger partial charge in [0.15, 0.2) is 0 Å². The minimum absolute atomic E-state index is 0.0103. The maximum Gasteiger partial charge on any atom is 0.105 e. The lowest BCUT2D eigenvalue weighted by molar-refractivity contribution is -0.149. The van der Waals surface area contributed by atoms with E-state index in [1.165, 1.54) is 0 Å². The largest absolute Gasteiger partial charge is 0.469 e. The topological polar surface area (TPSA) is 57.6 Å². The van der Waals surface area contributed by atoms with Crippen LogP contribution in [-0.4, -0.2) is 25.4 Å². The first-order valence-corrected chi connectivity index (χ1v) is 7.21. The molecule has 0 amide bonds. The Kier molecular flexibility index (Phi) is 3.65. The third kappa shape index (κ3) is 2.57. The summed E-state index contributed by atoms with van der Waals surface area (Å²) in [7, 11) is 0. The number of furan rings is 1. The van der Waals surface area contributed by atoms with E-state index in [2.05, 4.69) is 0 Å². The Morgan fingerprint density at radius 3 is 2.79 bits per heavy atom. The van der Waals surface area contributed by atoms with Crippen molar-refractivity contribution in [3.8, 4) is 0 Å². The predicted molar refractivity (Wildman–Crippen MR) is 71.8 cm³/mol. The van der Waals surface area contributed by atoms with Gasteiger partial charge in [0.05, 0.1) is 11.9 Å². The van der Waals surface area contributed by atoms with Gasteiger partial charge < -0.3 is 19.6 Å². The molecular formula is C15H23NO3. The van der Waals surface area contributed by atoms with Crippen LogP contribution in [0.1, 0.15) is 43.0 Å². The van der Waals surface area contributed by atoms with Crippen LogP contribution in [0.3, 0.4) is 0 Å². The molecule has 3 heterocycles. The van der Waals surface area contributed by atoms with E-state index < -0.39 is 0 Å². The van der Waals surface area contributed by atoms with Gasteiger partial charge in [-0.15, -0.1) is 0 Å². The smallest absolute Gasteiger partial charge is 0.105 e. The van der Waals surface area contributed by atoms with Crippen LogP contribution >= 0.6 is 0 Å². The van der Waals surface area contributed by atoms with E-state index in [0.29, 0.717) is 5.92 Å². The molecule has 1 spiro atoms. The van der Waals surface area contributed by atoms with Gasteiger partial charge in [-0.05, 0) is 44.6 Å². The summed E-state index contributed by atoms with van der Waals surface area (Å²) in [5, 5.41) is 0. The number of nitrogens with two attached hydrogens (primary N) is 1. The molecule has 0 radical (unpaired) electrons. The second-order valence-electron chi connectivity index (χ2n) is 5.85. The van der Waals surface area contributed by atoms with Gasteiger partial charge in [0.25, 0.3) is 0 Å². The van der Waals surface area contributed by atoms with Gasteiger partial charge in [-0.3, -0.25) is 0 Å². The van der Waals surface area contributed by atoms with Crippen LogP contribution in [0.2, 0.25) is 0 Å². The van der Waals surface area contributed by atoms with E-state index in [4.69, 9.17) is 19.6 Å². The predicted octanol–water partition coefficient (Wildman–Crippen LogP) is 2.56. The van der Waals surface area contributed by atoms with Crippen molar-refractivity contribution in [3.63, 3.8) is 0 Å². The van der Waals surface area contributed by atoms with Crippen LogP contribution in [0.4, 0.5) is 0 Å². The highest BCUT2D eigenvalue weighted by Gasteiger charge is 2.41. The molecule has 19 heavy (non-hydrogen) atoms. The minimum atomic E-state index is 0.0103. The highest BCUT2D eigenvalue weighted by Crippen LogP contribution is 2.41. The first kappa shape index (κ1) is 13.2. The second kappa shape index (κ2) is 5.27. The molecule has 2 saturated heterocycles. The van der Waals surface area contributed by atoms with Crippen molar-refractivity contribution in [1.82, 2.24) is 0 Å². The first-order valence-electron chi connectivity index (χ1n) is 7.21. The number of aryl methyl sites for hydroxylation is 1. The Bertz CT molecular complexity index is 417. The molecule has 0 aliphatic carbocycles. The Morgan fingerprint density at radius 2 is 2.11 bits per heavy atom. The van der Waals surface area contributed by atoms with Gasteiger partial charge in [0, 0.05) is 31.4 Å². The van der Waals surface area contributed by atoms with Crippen LogP contribution in [-0.2, 0) is 9.47 Å². The monoisotopic (exact) mass is 265 g/mol. The van der Waals surface area contributed by atoms with E-state index in [9.17, 15) is 0 Å². The molecule has 2 aliphatic rings. The minimum Gasteiger partial charge on any atom is -0.469 e. The van der Waals surface area contributed by atoms with Crippen LogP contribution in [0.5, 0.6) is 0 Å². The van der Waals surface area contributed by atoms with Crippen molar-refractivity contribution in [3.05, 3.63) is 23.7 Å². The molecule has 2 N–H and O–H groups in total. The molecule has 1 aromatic heterocycles. The summed E-state index contributed by atoms with van der Waals surface area (Å²) in [4.78, 5) is 0. The lowest BCUT2D eigenvalue weighted by atomic mass is 9.76. The van der Waals surface area contributed by atoms with Crippen molar-refractivity contribution >= 4 is 0 Å². The third-order valence-electron chi connectivity index (χ3n) is 4.70.